The summed E-state index contributed by atoms with van der Waals surface area (Å²) in [6.07, 6.45) is -0.594. The van der Waals surface area contributed by atoms with Crippen molar-refractivity contribution in [3.63, 3.8) is 0 Å². The van der Waals surface area contributed by atoms with Crippen LogP contribution in [0.15, 0.2) is 65.1 Å². The lowest BCUT2D eigenvalue weighted by Gasteiger charge is -2.38. The maximum absolute atomic E-state index is 13.6. The van der Waals surface area contributed by atoms with E-state index in [4.69, 9.17) is 14.7 Å². The third-order valence-corrected chi connectivity index (χ3v) is 5.55. The number of nitrogens with zero attached hydrogens (tertiary/aromatic N) is 2. The van der Waals surface area contributed by atoms with Crippen molar-refractivity contribution in [2.75, 3.05) is 23.4 Å². The fourth-order valence-corrected chi connectivity index (χ4v) is 4.18. The molecule has 1 aliphatic rings. The number of amides is 1. The van der Waals surface area contributed by atoms with Crippen molar-refractivity contribution in [1.29, 1.82) is 5.26 Å². The number of fused-ring (bicyclic) bond motifs is 1. The number of ether oxygens (including phenoxy) is 2. The predicted molar refractivity (Wildman–Crippen MR) is 122 cm³/mol. The predicted octanol–water partition coefficient (Wildman–Crippen LogP) is 5.66. The van der Waals surface area contributed by atoms with E-state index in [0.29, 0.717) is 39.5 Å². The molecule has 1 N–H and O–H groups in total. The first-order chi connectivity index (χ1) is 15.5. The molecule has 0 bridgehead atoms. The first kappa shape index (κ1) is 21.7. The monoisotopic (exact) mass is 495 g/mol. The van der Waals surface area contributed by atoms with Crippen LogP contribution < -0.4 is 19.7 Å². The van der Waals surface area contributed by atoms with E-state index in [1.165, 1.54) is 12.1 Å². The molecule has 4 rings (SSSR count). The number of carbonyl (C=O) groups is 1. The van der Waals surface area contributed by atoms with E-state index in [2.05, 4.69) is 21.2 Å². The topological polar surface area (TPSA) is 74.6 Å². The highest BCUT2D eigenvalue weighted by atomic mass is 79.9. The van der Waals surface area contributed by atoms with Crippen molar-refractivity contribution in [1.82, 2.24) is 0 Å². The number of para-hydroxylation sites is 1. The molecule has 162 valence electrons. The Morgan fingerprint density at radius 1 is 1.16 bits per heavy atom. The van der Waals surface area contributed by atoms with Crippen LogP contribution in [0.3, 0.4) is 0 Å². The normalized spacial score (nSPS) is 14.9. The molecule has 3 aromatic rings. The van der Waals surface area contributed by atoms with Gasteiger partial charge in [0.1, 0.15) is 18.1 Å². The number of hydrogen-bond acceptors (Lipinski definition) is 5. The van der Waals surface area contributed by atoms with Crippen LogP contribution in [-0.2, 0) is 0 Å². The Hall–Kier alpha value is -3.57. The van der Waals surface area contributed by atoms with Crippen LogP contribution >= 0.6 is 15.9 Å². The number of benzene rings is 3. The smallest absolute Gasteiger partial charge is 0.262 e. The summed E-state index contributed by atoms with van der Waals surface area (Å²) in [4.78, 5) is 15.1. The van der Waals surface area contributed by atoms with Gasteiger partial charge in [0.25, 0.3) is 5.91 Å². The minimum Gasteiger partial charge on any atom is -0.490 e. The fourth-order valence-electron chi connectivity index (χ4n) is 3.61. The number of hydrogen-bond donors (Lipinski definition) is 1. The van der Waals surface area contributed by atoms with Crippen LogP contribution in [0.25, 0.3) is 0 Å². The third-order valence-electron chi connectivity index (χ3n) is 4.96. The summed E-state index contributed by atoms with van der Waals surface area (Å²) in [6, 6.07) is 18.5. The van der Waals surface area contributed by atoms with E-state index in [1.807, 2.05) is 31.2 Å². The molecule has 0 spiro atoms. The van der Waals surface area contributed by atoms with Crippen LogP contribution in [0.1, 0.15) is 29.0 Å². The van der Waals surface area contributed by atoms with Crippen molar-refractivity contribution in [2.45, 2.75) is 13.1 Å². The molecular formula is C24H19BrFN3O3. The number of rotatable bonds is 6. The molecule has 1 heterocycles. The molecule has 0 saturated carbocycles. The van der Waals surface area contributed by atoms with Gasteiger partial charge in [0.15, 0.2) is 18.1 Å². The number of anilines is 2. The maximum Gasteiger partial charge on any atom is 0.262 e. The molecule has 3 aromatic carbocycles. The Labute approximate surface area is 193 Å². The van der Waals surface area contributed by atoms with Gasteiger partial charge in [0.05, 0.1) is 16.6 Å². The minimum atomic E-state index is -0.594. The zero-order valence-electron chi connectivity index (χ0n) is 17.1. The molecule has 0 saturated heterocycles. The fraction of sp³-hybridized carbons (Fsp3) is 0.167. The summed E-state index contributed by atoms with van der Waals surface area (Å²) in [5, 5.41) is 12.3. The molecule has 0 radical (unpaired) electrons. The van der Waals surface area contributed by atoms with Gasteiger partial charge in [-0.25, -0.2) is 4.39 Å². The first-order valence-electron chi connectivity index (χ1n) is 9.94. The molecule has 8 heteroatoms. The molecule has 0 aliphatic carbocycles. The van der Waals surface area contributed by atoms with Crippen LogP contribution in [-0.4, -0.2) is 19.1 Å². The van der Waals surface area contributed by atoms with Gasteiger partial charge in [-0.1, -0.05) is 12.1 Å². The lowest BCUT2D eigenvalue weighted by atomic mass is 10.0. The standard InChI is InChI=1S/C24H19BrFN3O3/c1-2-31-21-14-15(13-19(25)22(21)32-12-11-27)23-28-20-6-4-3-5-18(20)24(30)29(23)17-9-7-16(26)8-10-17/h3-10,13-14,23,28H,2,12H2,1H3/t23-/m0/s1. The van der Waals surface area contributed by atoms with Gasteiger partial charge < -0.3 is 14.8 Å². The number of nitrogens with one attached hydrogen (secondary N) is 1. The molecule has 6 nitrogen and oxygen atoms in total. The quantitative estimate of drug-likeness (QED) is 0.477. The van der Waals surface area contributed by atoms with E-state index in [0.717, 1.165) is 5.56 Å². The zero-order chi connectivity index (χ0) is 22.7. The average Bonchev–Trinajstić information content (AvgIpc) is 2.79. The number of carbonyl (C=O) groups excluding carboxylic acids is 1. The van der Waals surface area contributed by atoms with Crippen LogP contribution in [0.2, 0.25) is 0 Å². The van der Waals surface area contributed by atoms with Crippen LogP contribution in [0.5, 0.6) is 11.5 Å². The van der Waals surface area contributed by atoms with E-state index < -0.39 is 6.17 Å². The highest BCUT2D eigenvalue weighted by molar-refractivity contribution is 9.10. The second kappa shape index (κ2) is 9.28. The van der Waals surface area contributed by atoms with Crippen molar-refractivity contribution in [3.05, 3.63) is 82.1 Å². The summed E-state index contributed by atoms with van der Waals surface area (Å²) in [7, 11) is 0. The third kappa shape index (κ3) is 4.12. The van der Waals surface area contributed by atoms with Gasteiger partial charge in [-0.3, -0.25) is 9.69 Å². The lowest BCUT2D eigenvalue weighted by molar-refractivity contribution is 0.0975. The Morgan fingerprint density at radius 2 is 1.91 bits per heavy atom. The summed E-state index contributed by atoms with van der Waals surface area (Å²) >= 11 is 3.50. The first-order valence-corrected chi connectivity index (χ1v) is 10.7. The van der Waals surface area contributed by atoms with Crippen molar-refractivity contribution >= 4 is 33.2 Å². The van der Waals surface area contributed by atoms with Crippen LogP contribution in [0.4, 0.5) is 15.8 Å². The van der Waals surface area contributed by atoms with Gasteiger partial charge >= 0.3 is 0 Å². The highest BCUT2D eigenvalue weighted by Crippen LogP contribution is 2.42. The molecule has 0 unspecified atom stereocenters. The van der Waals surface area contributed by atoms with E-state index in [-0.39, 0.29) is 18.3 Å². The summed E-state index contributed by atoms with van der Waals surface area (Å²) in [5.41, 5.74) is 2.48. The molecular weight excluding hydrogens is 477 g/mol. The molecule has 0 fully saturated rings. The van der Waals surface area contributed by atoms with Crippen molar-refractivity contribution in [2.24, 2.45) is 0 Å². The second-order valence-electron chi connectivity index (χ2n) is 6.95. The number of halogens is 2. The largest absolute Gasteiger partial charge is 0.490 e. The maximum atomic E-state index is 13.6. The minimum absolute atomic E-state index is 0.132. The van der Waals surface area contributed by atoms with Gasteiger partial charge in [-0.05, 0) is 71.4 Å². The van der Waals surface area contributed by atoms with Gasteiger partial charge in [-0.15, -0.1) is 0 Å². The van der Waals surface area contributed by atoms with Crippen LogP contribution in [0, 0.1) is 17.1 Å². The summed E-state index contributed by atoms with van der Waals surface area (Å²) < 4.78 is 25.4. The molecule has 1 amide bonds. The van der Waals surface area contributed by atoms with Gasteiger partial charge in [0, 0.05) is 16.9 Å². The molecule has 32 heavy (non-hydrogen) atoms. The van der Waals surface area contributed by atoms with Gasteiger partial charge in [-0.2, -0.15) is 5.26 Å². The van der Waals surface area contributed by atoms with E-state index in [1.54, 1.807) is 35.2 Å². The van der Waals surface area contributed by atoms with Crippen molar-refractivity contribution < 1.29 is 18.7 Å². The lowest BCUT2D eigenvalue weighted by Crippen LogP contribution is -2.43. The van der Waals surface area contributed by atoms with Crippen molar-refractivity contribution in [3.8, 4) is 17.6 Å². The van der Waals surface area contributed by atoms with Gasteiger partial charge in [0.2, 0.25) is 0 Å². The van der Waals surface area contributed by atoms with E-state index in [9.17, 15) is 9.18 Å². The Bertz CT molecular complexity index is 1190. The number of nitriles is 1. The summed E-state index contributed by atoms with van der Waals surface area (Å²) in [6.45, 7) is 2.10. The van der Waals surface area contributed by atoms with E-state index >= 15 is 0 Å². The molecule has 0 aromatic heterocycles. The second-order valence-corrected chi connectivity index (χ2v) is 7.81. The Kier molecular flexibility index (Phi) is 6.28. The highest BCUT2D eigenvalue weighted by Gasteiger charge is 2.35. The molecule has 1 atom stereocenters. The summed E-state index contributed by atoms with van der Waals surface area (Å²) in [5.74, 6) is 0.255. The zero-order valence-corrected chi connectivity index (χ0v) is 18.7. The molecule has 1 aliphatic heterocycles. The Balaban J connectivity index is 1.84. The average molecular weight is 496 g/mol. The SMILES string of the molecule is CCOc1cc([C@H]2Nc3ccccc3C(=O)N2c2ccc(F)cc2)cc(Br)c1OCC#N. The Morgan fingerprint density at radius 3 is 2.62 bits per heavy atom.